The molecule has 0 bridgehead atoms. The zero-order chi connectivity index (χ0) is 23.6. The van der Waals surface area contributed by atoms with Crippen molar-refractivity contribution in [3.63, 3.8) is 0 Å². The summed E-state index contributed by atoms with van der Waals surface area (Å²) >= 11 is 5.95. The summed E-state index contributed by atoms with van der Waals surface area (Å²) in [5.41, 5.74) is 6.58. The highest BCUT2D eigenvalue weighted by Crippen LogP contribution is 2.29. The molecular formula is C26H40ClN4O2. The van der Waals surface area contributed by atoms with Crippen LogP contribution in [0.2, 0.25) is 5.02 Å². The molecule has 1 aromatic carbocycles. The summed E-state index contributed by atoms with van der Waals surface area (Å²) in [6, 6.07) is 8.05. The van der Waals surface area contributed by atoms with Gasteiger partial charge < -0.3 is 10.6 Å². The van der Waals surface area contributed by atoms with Crippen LogP contribution >= 0.6 is 11.6 Å². The van der Waals surface area contributed by atoms with Gasteiger partial charge >= 0.3 is 0 Å². The number of piperazine rings is 1. The molecule has 183 valence electrons. The van der Waals surface area contributed by atoms with Gasteiger partial charge in [-0.3, -0.25) is 19.4 Å². The van der Waals surface area contributed by atoms with Crippen molar-refractivity contribution < 1.29 is 9.59 Å². The lowest BCUT2D eigenvalue weighted by Crippen LogP contribution is -2.55. The highest BCUT2D eigenvalue weighted by atomic mass is 35.5. The average molecular weight is 476 g/mol. The zero-order valence-electron chi connectivity index (χ0n) is 20.1. The number of nitrogens with two attached hydrogens (primary N) is 1. The van der Waals surface area contributed by atoms with Gasteiger partial charge in [-0.25, -0.2) is 0 Å². The van der Waals surface area contributed by atoms with Crippen molar-refractivity contribution in [2.24, 2.45) is 11.7 Å². The predicted octanol–water partition coefficient (Wildman–Crippen LogP) is 3.38. The van der Waals surface area contributed by atoms with Gasteiger partial charge in [0.1, 0.15) is 0 Å². The molecule has 1 heterocycles. The fourth-order valence-electron chi connectivity index (χ4n) is 5.23. The second kappa shape index (κ2) is 13.3. The Hall–Kier alpha value is -1.63. The van der Waals surface area contributed by atoms with E-state index in [2.05, 4.69) is 16.7 Å². The van der Waals surface area contributed by atoms with Crippen LogP contribution in [0.3, 0.4) is 0 Å². The molecular weight excluding hydrogens is 436 g/mol. The average Bonchev–Trinajstić information content (AvgIpc) is 2.83. The number of carbonyl (C=O) groups is 2. The van der Waals surface area contributed by atoms with Crippen LogP contribution < -0.4 is 5.73 Å². The van der Waals surface area contributed by atoms with E-state index in [-0.39, 0.29) is 11.8 Å². The van der Waals surface area contributed by atoms with Crippen LogP contribution in [0.25, 0.3) is 0 Å². The molecule has 1 unspecified atom stereocenters. The first-order valence-corrected chi connectivity index (χ1v) is 12.9. The van der Waals surface area contributed by atoms with Gasteiger partial charge in [0.05, 0.1) is 13.0 Å². The largest absolute Gasteiger partial charge is 0.369 e. The van der Waals surface area contributed by atoms with Gasteiger partial charge in [-0.05, 0) is 43.0 Å². The summed E-state index contributed by atoms with van der Waals surface area (Å²) in [7, 11) is 0. The van der Waals surface area contributed by atoms with Crippen molar-refractivity contribution in [3.05, 3.63) is 41.3 Å². The Morgan fingerprint density at radius 3 is 2.39 bits per heavy atom. The molecule has 1 saturated heterocycles. The normalized spacial score (nSPS) is 19.1. The van der Waals surface area contributed by atoms with E-state index in [9.17, 15) is 9.59 Å². The van der Waals surface area contributed by atoms with E-state index in [1.54, 1.807) is 6.42 Å². The maximum atomic E-state index is 12.7. The number of carbonyl (C=O) groups excluding carboxylic acids is 2. The lowest BCUT2D eigenvalue weighted by atomic mass is 9.84. The fourth-order valence-corrected chi connectivity index (χ4v) is 5.36. The Morgan fingerprint density at radius 1 is 1.12 bits per heavy atom. The number of hydrogen-bond donors (Lipinski definition) is 1. The van der Waals surface area contributed by atoms with Gasteiger partial charge in [-0.1, -0.05) is 62.8 Å². The van der Waals surface area contributed by atoms with Gasteiger partial charge in [-0.2, -0.15) is 0 Å². The first-order chi connectivity index (χ1) is 15.9. The zero-order valence-corrected chi connectivity index (χ0v) is 20.8. The second-order valence-corrected chi connectivity index (χ2v) is 10.0. The predicted molar refractivity (Wildman–Crippen MR) is 134 cm³/mol. The van der Waals surface area contributed by atoms with Crippen molar-refractivity contribution in [1.29, 1.82) is 0 Å². The van der Waals surface area contributed by atoms with Crippen molar-refractivity contribution in [1.82, 2.24) is 14.7 Å². The second-order valence-electron chi connectivity index (χ2n) is 9.58. The summed E-state index contributed by atoms with van der Waals surface area (Å²) in [5, 5.41) is 0.710. The summed E-state index contributed by atoms with van der Waals surface area (Å²) in [6.07, 6.45) is 10.2. The molecule has 2 amide bonds. The van der Waals surface area contributed by atoms with Crippen LogP contribution in [0.1, 0.15) is 51.0 Å². The fraction of sp³-hybridized carbons (Fsp3) is 0.654. The first-order valence-electron chi connectivity index (χ1n) is 12.6. The molecule has 3 rings (SSSR count). The molecule has 1 aromatic rings. The van der Waals surface area contributed by atoms with Crippen molar-refractivity contribution >= 4 is 23.4 Å². The Labute approximate surface area is 204 Å². The lowest BCUT2D eigenvalue weighted by Gasteiger charge is -2.42. The first kappa shape index (κ1) is 26.0. The number of likely N-dealkylation sites (N-methyl/N-ethyl adjacent to an activating group) is 1. The Balaban J connectivity index is 1.52. The highest BCUT2D eigenvalue weighted by molar-refractivity contribution is 6.30. The molecule has 0 aromatic heterocycles. The molecule has 2 N–H and O–H groups in total. The minimum absolute atomic E-state index is 0.109. The number of primary amides is 1. The Bertz CT molecular complexity index is 743. The molecule has 1 aliphatic carbocycles. The molecule has 2 fully saturated rings. The molecule has 7 heteroatoms. The summed E-state index contributed by atoms with van der Waals surface area (Å²) in [6.45, 7) is 7.36. The van der Waals surface area contributed by atoms with Crippen LogP contribution in [0.5, 0.6) is 0 Å². The molecule has 1 saturated carbocycles. The smallest absolute Gasteiger partial charge is 0.231 e. The maximum absolute atomic E-state index is 12.7. The van der Waals surface area contributed by atoms with E-state index < -0.39 is 0 Å². The molecule has 1 radical (unpaired) electrons. The SMILES string of the molecule is CCN(CC(N)=O)CC(CC1CCCCC1)N1CCN(C(=O)[CH]Cc2ccc(Cl)cc2)CC1. The van der Waals surface area contributed by atoms with Crippen LogP contribution in [0.4, 0.5) is 0 Å². The highest BCUT2D eigenvalue weighted by Gasteiger charge is 2.29. The third-order valence-corrected chi connectivity index (χ3v) is 7.45. The van der Waals surface area contributed by atoms with E-state index in [4.69, 9.17) is 17.3 Å². The molecule has 0 spiro atoms. The Morgan fingerprint density at radius 2 is 1.79 bits per heavy atom. The van der Waals surface area contributed by atoms with E-state index >= 15 is 0 Å². The monoisotopic (exact) mass is 475 g/mol. The van der Waals surface area contributed by atoms with Gasteiger partial charge in [0.2, 0.25) is 11.8 Å². The van der Waals surface area contributed by atoms with E-state index in [0.29, 0.717) is 24.0 Å². The molecule has 2 aliphatic rings. The number of hydrogen-bond acceptors (Lipinski definition) is 4. The number of nitrogens with zero attached hydrogens (tertiary/aromatic N) is 3. The van der Waals surface area contributed by atoms with Gasteiger partial charge in [0, 0.05) is 43.8 Å². The number of amides is 2. The van der Waals surface area contributed by atoms with Crippen LogP contribution in [0.15, 0.2) is 24.3 Å². The topological polar surface area (TPSA) is 69.9 Å². The molecule has 6 nitrogen and oxygen atoms in total. The van der Waals surface area contributed by atoms with E-state index in [1.165, 1.54) is 38.5 Å². The Kier molecular flexibility index (Phi) is 10.5. The van der Waals surface area contributed by atoms with Gasteiger partial charge in [0.25, 0.3) is 0 Å². The molecule has 33 heavy (non-hydrogen) atoms. The summed E-state index contributed by atoms with van der Waals surface area (Å²) < 4.78 is 0. The van der Waals surface area contributed by atoms with Crippen molar-refractivity contribution in [2.45, 2.75) is 57.9 Å². The molecule has 1 aliphatic heterocycles. The number of benzene rings is 1. The van der Waals surface area contributed by atoms with Gasteiger partial charge in [0.15, 0.2) is 0 Å². The van der Waals surface area contributed by atoms with Crippen LogP contribution in [0, 0.1) is 12.3 Å². The van der Waals surface area contributed by atoms with E-state index in [0.717, 1.165) is 50.7 Å². The van der Waals surface area contributed by atoms with Gasteiger partial charge in [-0.15, -0.1) is 0 Å². The maximum Gasteiger partial charge on any atom is 0.231 e. The molecule has 1 atom stereocenters. The summed E-state index contributed by atoms with van der Waals surface area (Å²) in [4.78, 5) is 31.0. The third-order valence-electron chi connectivity index (χ3n) is 7.19. The van der Waals surface area contributed by atoms with Crippen molar-refractivity contribution in [3.8, 4) is 0 Å². The number of halogens is 1. The standard InChI is InChI=1S/C26H40ClN4O2/c1-2-29(20-25(28)32)19-24(18-22-6-4-3-5-7-22)30-14-16-31(17-15-30)26(33)13-10-21-8-11-23(27)12-9-21/h8-9,11-13,22,24H,2-7,10,14-20H2,1H3,(H2,28,32). The number of rotatable bonds is 11. The van der Waals surface area contributed by atoms with Crippen LogP contribution in [-0.4, -0.2) is 78.4 Å². The van der Waals surface area contributed by atoms with Crippen LogP contribution in [-0.2, 0) is 16.0 Å². The quantitative estimate of drug-likeness (QED) is 0.532. The van der Waals surface area contributed by atoms with E-state index in [1.807, 2.05) is 29.2 Å². The lowest BCUT2D eigenvalue weighted by molar-refractivity contribution is -0.130. The minimum atomic E-state index is -0.264. The third kappa shape index (κ3) is 8.58. The van der Waals surface area contributed by atoms with Crippen molar-refractivity contribution in [2.75, 3.05) is 45.8 Å². The summed E-state index contributed by atoms with van der Waals surface area (Å²) in [5.74, 6) is 0.612. The minimum Gasteiger partial charge on any atom is -0.369 e.